The van der Waals surface area contributed by atoms with E-state index in [9.17, 15) is 63.0 Å². The number of aliphatic carboxylic acids is 2. The summed E-state index contributed by atoms with van der Waals surface area (Å²) in [5, 5.41) is 45.5. The van der Waals surface area contributed by atoms with Gasteiger partial charge in [0.2, 0.25) is 53.2 Å². The molecule has 390 valence electrons. The van der Waals surface area contributed by atoms with Gasteiger partial charge in [-0.15, -0.1) is 0 Å². The first kappa shape index (κ1) is 59.4. The molecule has 0 unspecified atom stereocenters. The van der Waals surface area contributed by atoms with Crippen LogP contribution in [0.2, 0.25) is 0 Å². The number of hydrogen-bond acceptors (Lipinski definition) is 14. The number of hydrogen-bond donors (Lipinski definition) is 13. The molecular weight excluding hydrogens is 919 g/mol. The first-order valence-electron chi connectivity index (χ1n) is 23.3. The van der Waals surface area contributed by atoms with Crippen molar-refractivity contribution in [2.45, 2.75) is 153 Å². The van der Waals surface area contributed by atoms with Crippen LogP contribution in [-0.4, -0.2) is 159 Å². The van der Waals surface area contributed by atoms with Crippen molar-refractivity contribution in [1.29, 1.82) is 0 Å². The first-order valence-corrected chi connectivity index (χ1v) is 23.3. The Morgan fingerprint density at radius 2 is 1.20 bits per heavy atom. The fourth-order valence-electron chi connectivity index (χ4n) is 7.30. The van der Waals surface area contributed by atoms with Crippen molar-refractivity contribution in [2.24, 2.45) is 23.1 Å². The summed E-state index contributed by atoms with van der Waals surface area (Å²) in [5.41, 5.74) is 17.5. The van der Waals surface area contributed by atoms with Crippen LogP contribution in [0.4, 0.5) is 0 Å². The molecule has 0 bridgehead atoms. The quantitative estimate of drug-likeness (QED) is 0.0319. The van der Waals surface area contributed by atoms with E-state index in [-0.39, 0.29) is 51.1 Å². The van der Waals surface area contributed by atoms with Crippen molar-refractivity contribution >= 4 is 65.1 Å². The second-order valence-corrected chi connectivity index (χ2v) is 17.5. The average molecular weight is 990 g/mol. The van der Waals surface area contributed by atoms with E-state index in [2.05, 4.69) is 37.2 Å². The monoisotopic (exact) mass is 990 g/mol. The van der Waals surface area contributed by atoms with E-state index >= 15 is 0 Å². The van der Waals surface area contributed by atoms with Crippen LogP contribution in [0.1, 0.15) is 97.5 Å². The van der Waals surface area contributed by atoms with Crippen LogP contribution >= 0.6 is 0 Å². The summed E-state index contributed by atoms with van der Waals surface area (Å²) >= 11 is 0. The summed E-state index contributed by atoms with van der Waals surface area (Å²) < 4.78 is 0. The minimum atomic E-state index is -1.75. The Morgan fingerprint density at radius 1 is 0.657 bits per heavy atom. The zero-order valence-electron chi connectivity index (χ0n) is 40.1. The number of likely N-dealkylation sites (tertiary alicyclic amines) is 1. The molecule has 1 saturated heterocycles. The highest BCUT2D eigenvalue weighted by molar-refractivity contribution is 5.98. The number of carbonyl (C=O) groups is 11. The van der Waals surface area contributed by atoms with Gasteiger partial charge in [0.1, 0.15) is 48.3 Å². The molecule has 1 fully saturated rings. The van der Waals surface area contributed by atoms with E-state index < -0.39 is 145 Å². The van der Waals surface area contributed by atoms with Gasteiger partial charge in [-0.25, -0.2) is 4.79 Å². The van der Waals surface area contributed by atoms with Gasteiger partial charge < -0.3 is 74.6 Å². The number of amides is 9. The molecule has 1 aliphatic rings. The fraction of sp³-hybridized carbons (Fsp3) is 0.622. The molecule has 1 heterocycles. The summed E-state index contributed by atoms with van der Waals surface area (Å²) in [5.74, 6) is -10.7. The zero-order chi connectivity index (χ0) is 52.7. The number of carbonyl (C=O) groups excluding carboxylic acids is 9. The average Bonchev–Trinajstić information content (AvgIpc) is 3.81. The minimum Gasteiger partial charge on any atom is -0.481 e. The predicted octanol–water partition coefficient (Wildman–Crippen LogP) is -3.64. The van der Waals surface area contributed by atoms with Crippen LogP contribution in [-0.2, 0) is 59.2 Å². The summed E-state index contributed by atoms with van der Waals surface area (Å²) in [6.07, 6.45) is -0.286. The van der Waals surface area contributed by atoms with Gasteiger partial charge in [-0.2, -0.15) is 0 Å². The maximum atomic E-state index is 14.0. The lowest BCUT2D eigenvalue weighted by Crippen LogP contribution is -2.60. The molecule has 1 aromatic rings. The Morgan fingerprint density at radius 3 is 1.76 bits per heavy atom. The van der Waals surface area contributed by atoms with Crippen molar-refractivity contribution < 1.29 is 68.1 Å². The van der Waals surface area contributed by atoms with Gasteiger partial charge in [0, 0.05) is 19.4 Å². The Labute approximate surface area is 405 Å². The number of aliphatic hydroxyl groups excluding tert-OH is 1. The topological polar surface area (TPSA) is 414 Å². The highest BCUT2D eigenvalue weighted by Gasteiger charge is 2.40. The number of primary amides is 1. The molecule has 9 amide bonds. The number of aliphatic hydroxyl groups is 1. The summed E-state index contributed by atoms with van der Waals surface area (Å²) in [4.78, 5) is 144. The summed E-state index contributed by atoms with van der Waals surface area (Å²) in [6.45, 7) is 5.62. The number of nitrogens with zero attached hydrogens (tertiary/aromatic N) is 1. The molecular formula is C45H71N11O14. The molecule has 2 rings (SSSR count). The van der Waals surface area contributed by atoms with Crippen molar-refractivity contribution in [3.63, 3.8) is 0 Å². The Bertz CT molecular complexity index is 1990. The molecule has 9 atom stereocenters. The first-order chi connectivity index (χ1) is 33.0. The van der Waals surface area contributed by atoms with Crippen molar-refractivity contribution in [2.75, 3.05) is 19.7 Å². The number of nitrogens with two attached hydrogens (primary N) is 3. The van der Waals surface area contributed by atoms with Gasteiger partial charge in [0.15, 0.2) is 0 Å². The Kier molecular flexibility index (Phi) is 25.5. The smallest absolute Gasteiger partial charge is 0.326 e. The summed E-state index contributed by atoms with van der Waals surface area (Å²) in [7, 11) is 0. The lowest BCUT2D eigenvalue weighted by atomic mass is 10.0. The van der Waals surface area contributed by atoms with Crippen LogP contribution in [0.3, 0.4) is 0 Å². The molecule has 70 heavy (non-hydrogen) atoms. The number of benzene rings is 1. The van der Waals surface area contributed by atoms with Crippen molar-refractivity contribution in [3.8, 4) is 0 Å². The highest BCUT2D eigenvalue weighted by Crippen LogP contribution is 2.21. The minimum absolute atomic E-state index is 0.0522. The molecule has 0 spiro atoms. The van der Waals surface area contributed by atoms with Crippen LogP contribution in [0.25, 0.3) is 0 Å². The number of aryl methyl sites for hydroxylation is 1. The third-order valence-corrected chi connectivity index (χ3v) is 11.4. The second-order valence-electron chi connectivity index (χ2n) is 17.5. The molecule has 1 aliphatic heterocycles. The van der Waals surface area contributed by atoms with Gasteiger partial charge in [0.05, 0.1) is 12.6 Å². The highest BCUT2D eigenvalue weighted by atomic mass is 16.4. The van der Waals surface area contributed by atoms with Gasteiger partial charge in [-0.3, -0.25) is 47.9 Å². The van der Waals surface area contributed by atoms with E-state index in [0.717, 1.165) is 5.56 Å². The fourth-order valence-corrected chi connectivity index (χ4v) is 7.30. The van der Waals surface area contributed by atoms with E-state index in [1.807, 2.05) is 12.1 Å². The number of rotatable bonds is 31. The van der Waals surface area contributed by atoms with Gasteiger partial charge >= 0.3 is 11.9 Å². The van der Waals surface area contributed by atoms with Gasteiger partial charge in [0.25, 0.3) is 0 Å². The van der Waals surface area contributed by atoms with Crippen LogP contribution in [0.15, 0.2) is 30.3 Å². The maximum absolute atomic E-state index is 14.0. The predicted molar refractivity (Wildman–Crippen MR) is 250 cm³/mol. The lowest BCUT2D eigenvalue weighted by Gasteiger charge is -2.31. The molecule has 1 aromatic carbocycles. The standard InChI is InChI=1S/C45H71N11O14/c1-24(2)36(55-37(61)25(3)47)44(68)56-22-10-14-33(56)43(67)52-29(16-15-27-11-6-5-7-12-27)39(63)49-26(4)38(62)50-30(17-19-34(48)58)41(65)51-28(13-8-9-21-46)40(64)54-32(23-57)42(66)53-31(45(69)70)18-20-35(59)60/h5-7,11-12,24-26,28-33,36,57H,8-10,13-23,46-47H2,1-4H3,(H2,48,58)(H,49,63)(H,50,62)(H,51,65)(H,52,67)(H,53,66)(H,54,64)(H,55,61)(H,59,60)(H,69,70)/t25-,26-,28-,29-,30-,31-,32-,33-,36-/m0/s1. The molecule has 16 N–H and O–H groups in total. The SMILES string of the molecule is CC(C)[C@H](NC(=O)[C@H](C)N)C(=O)N1CCC[C@H]1C(=O)N[C@@H](CCc1ccccc1)C(=O)N[C@@H](C)C(=O)N[C@@H](CCC(N)=O)C(=O)N[C@@H](CCCCN)C(=O)N[C@@H](CO)C(=O)N[C@@H](CCC(=O)O)C(=O)O. The number of carboxylic acid groups (broad SMARTS) is 2. The maximum Gasteiger partial charge on any atom is 0.326 e. The van der Waals surface area contributed by atoms with Gasteiger partial charge in [-0.1, -0.05) is 44.2 Å². The van der Waals surface area contributed by atoms with Crippen LogP contribution in [0, 0.1) is 5.92 Å². The third-order valence-electron chi connectivity index (χ3n) is 11.4. The second kappa shape index (κ2) is 30.0. The molecule has 0 aliphatic carbocycles. The van der Waals surface area contributed by atoms with E-state index in [1.165, 1.54) is 18.7 Å². The molecule has 0 saturated carbocycles. The molecule has 0 radical (unpaired) electrons. The Balaban J connectivity index is 2.31. The van der Waals surface area contributed by atoms with Gasteiger partial charge in [-0.05, 0) is 89.7 Å². The third kappa shape index (κ3) is 20.1. The van der Waals surface area contributed by atoms with Crippen molar-refractivity contribution in [3.05, 3.63) is 35.9 Å². The van der Waals surface area contributed by atoms with E-state index in [0.29, 0.717) is 19.3 Å². The van der Waals surface area contributed by atoms with E-state index in [4.69, 9.17) is 22.3 Å². The summed E-state index contributed by atoms with van der Waals surface area (Å²) in [6, 6.07) is -2.86. The number of unbranched alkanes of at least 4 members (excludes halogenated alkanes) is 1. The normalized spacial score (nSPS) is 16.7. The molecule has 25 heteroatoms. The molecule has 0 aromatic heterocycles. The Hall–Kier alpha value is -6.73. The lowest BCUT2D eigenvalue weighted by molar-refractivity contribution is -0.144. The molecule has 25 nitrogen and oxygen atoms in total. The van der Waals surface area contributed by atoms with Crippen LogP contribution < -0.4 is 54.4 Å². The number of carboxylic acids is 2. The zero-order valence-corrected chi connectivity index (χ0v) is 40.1. The van der Waals surface area contributed by atoms with Crippen LogP contribution in [0.5, 0.6) is 0 Å². The van der Waals surface area contributed by atoms with Crippen molar-refractivity contribution in [1.82, 2.24) is 42.1 Å². The largest absolute Gasteiger partial charge is 0.481 e. The van der Waals surface area contributed by atoms with E-state index in [1.54, 1.807) is 32.0 Å². The number of nitrogens with one attached hydrogen (secondary N) is 7.